The zero-order valence-corrected chi connectivity index (χ0v) is 14.5. The number of aromatic amines is 1. The van der Waals surface area contributed by atoms with E-state index >= 15 is 0 Å². The zero-order chi connectivity index (χ0) is 17.1. The number of H-pyrrole nitrogens is 1. The van der Waals surface area contributed by atoms with E-state index in [9.17, 15) is 0 Å². The van der Waals surface area contributed by atoms with Gasteiger partial charge in [0, 0.05) is 17.1 Å². The minimum Gasteiger partial charge on any atom is -0.493 e. The number of para-hydroxylation sites is 1. The van der Waals surface area contributed by atoms with Crippen molar-refractivity contribution in [1.29, 1.82) is 0 Å². The lowest BCUT2D eigenvalue weighted by Crippen LogP contribution is -2.53. The van der Waals surface area contributed by atoms with Crippen LogP contribution in [0.4, 0.5) is 0 Å². The van der Waals surface area contributed by atoms with Crippen LogP contribution >= 0.6 is 0 Å². The first-order valence-electron chi connectivity index (χ1n) is 8.34. The highest BCUT2D eigenvalue weighted by Crippen LogP contribution is 2.35. The first-order chi connectivity index (χ1) is 11.6. The molecule has 0 radical (unpaired) electrons. The Morgan fingerprint density at radius 3 is 2.58 bits per heavy atom. The number of hydrogen-bond donors (Lipinski definition) is 2. The molecule has 0 bridgehead atoms. The summed E-state index contributed by atoms with van der Waals surface area (Å²) < 4.78 is 11.4. The topological polar surface area (TPSA) is 61.9 Å². The molecule has 0 saturated carbocycles. The van der Waals surface area contributed by atoms with Crippen LogP contribution in [-0.4, -0.2) is 24.7 Å². The van der Waals surface area contributed by atoms with E-state index in [-0.39, 0.29) is 12.0 Å². The van der Waals surface area contributed by atoms with Gasteiger partial charge < -0.3 is 20.2 Å². The quantitative estimate of drug-likeness (QED) is 0.730. The number of ether oxygens (including phenoxy) is 2. The van der Waals surface area contributed by atoms with Gasteiger partial charge in [-0.15, -0.1) is 0 Å². The lowest BCUT2D eigenvalue weighted by Gasteiger charge is -2.18. The van der Waals surface area contributed by atoms with Gasteiger partial charge in [0.2, 0.25) is 0 Å². The average Bonchev–Trinajstić information content (AvgIpc) is 3.00. The number of rotatable bonds is 6. The molecule has 0 aliphatic carbocycles. The van der Waals surface area contributed by atoms with E-state index in [1.165, 1.54) is 16.5 Å². The fraction of sp³-hybridized carbons (Fsp3) is 0.300. The Bertz CT molecular complexity index is 823. The maximum atomic E-state index is 5.82. The molecule has 0 fully saturated rings. The molecular weight excluding hydrogens is 300 g/mol. The average molecular weight is 325 g/mol. The number of fused-ring (bicyclic) bond motifs is 1. The highest BCUT2D eigenvalue weighted by atomic mass is 16.5. The van der Waals surface area contributed by atoms with E-state index in [4.69, 9.17) is 9.47 Å². The van der Waals surface area contributed by atoms with Gasteiger partial charge in [0.05, 0.1) is 25.7 Å². The fourth-order valence-electron chi connectivity index (χ4n) is 3.14. The second-order valence-corrected chi connectivity index (χ2v) is 6.21. The van der Waals surface area contributed by atoms with Crippen molar-refractivity contribution in [2.45, 2.75) is 25.9 Å². The SMILES string of the molecule is COc1cc([C@H](C[NH3+])c2c[nH]c3ccccc23)ccc1OC(C)C. The van der Waals surface area contributed by atoms with Gasteiger partial charge in [0.1, 0.15) is 0 Å². The molecular formula is C20H25N2O2+. The third kappa shape index (κ3) is 3.10. The van der Waals surface area contributed by atoms with Crippen LogP contribution in [0.15, 0.2) is 48.7 Å². The molecule has 1 heterocycles. The van der Waals surface area contributed by atoms with Gasteiger partial charge in [0.25, 0.3) is 0 Å². The van der Waals surface area contributed by atoms with Crippen LogP contribution in [0.25, 0.3) is 10.9 Å². The Hall–Kier alpha value is -2.46. The summed E-state index contributed by atoms with van der Waals surface area (Å²) in [5, 5.41) is 1.24. The third-order valence-electron chi connectivity index (χ3n) is 4.24. The van der Waals surface area contributed by atoms with Crippen molar-refractivity contribution >= 4 is 10.9 Å². The molecule has 0 saturated heterocycles. The van der Waals surface area contributed by atoms with E-state index in [2.05, 4.69) is 47.2 Å². The lowest BCUT2D eigenvalue weighted by molar-refractivity contribution is -0.370. The van der Waals surface area contributed by atoms with Crippen LogP contribution < -0.4 is 15.2 Å². The molecule has 126 valence electrons. The second kappa shape index (κ2) is 6.97. The van der Waals surface area contributed by atoms with Crippen molar-refractivity contribution < 1.29 is 15.2 Å². The minimum absolute atomic E-state index is 0.113. The van der Waals surface area contributed by atoms with Crippen molar-refractivity contribution in [3.8, 4) is 11.5 Å². The fourth-order valence-corrected chi connectivity index (χ4v) is 3.14. The van der Waals surface area contributed by atoms with Crippen molar-refractivity contribution in [2.75, 3.05) is 13.7 Å². The van der Waals surface area contributed by atoms with Crippen molar-refractivity contribution in [3.63, 3.8) is 0 Å². The molecule has 0 spiro atoms. The maximum Gasteiger partial charge on any atom is 0.161 e. The highest BCUT2D eigenvalue weighted by molar-refractivity contribution is 5.84. The summed E-state index contributed by atoms with van der Waals surface area (Å²) in [6.07, 6.45) is 2.20. The minimum atomic E-state index is 0.113. The van der Waals surface area contributed by atoms with Gasteiger partial charge in [-0.3, -0.25) is 0 Å². The molecule has 3 rings (SSSR count). The van der Waals surface area contributed by atoms with Gasteiger partial charge >= 0.3 is 0 Å². The van der Waals surface area contributed by atoms with Gasteiger partial charge in [0.15, 0.2) is 11.5 Å². The van der Waals surface area contributed by atoms with Crippen LogP contribution in [0.3, 0.4) is 0 Å². The molecule has 24 heavy (non-hydrogen) atoms. The van der Waals surface area contributed by atoms with Crippen LogP contribution in [0.2, 0.25) is 0 Å². The molecule has 0 aliphatic rings. The zero-order valence-electron chi connectivity index (χ0n) is 14.5. The Labute approximate surface area is 142 Å². The number of aromatic nitrogens is 1. The smallest absolute Gasteiger partial charge is 0.161 e. The van der Waals surface area contributed by atoms with Crippen molar-refractivity contribution in [2.24, 2.45) is 0 Å². The molecule has 3 aromatic rings. The van der Waals surface area contributed by atoms with Crippen LogP contribution in [0.1, 0.15) is 30.9 Å². The largest absolute Gasteiger partial charge is 0.493 e. The molecule has 1 atom stereocenters. The highest BCUT2D eigenvalue weighted by Gasteiger charge is 2.20. The Balaban J connectivity index is 2.02. The van der Waals surface area contributed by atoms with Gasteiger partial charge in [-0.2, -0.15) is 0 Å². The Kier molecular flexibility index (Phi) is 4.76. The summed E-state index contributed by atoms with van der Waals surface area (Å²) in [5.41, 5.74) is 7.76. The second-order valence-electron chi connectivity index (χ2n) is 6.21. The molecule has 4 nitrogen and oxygen atoms in total. The Morgan fingerprint density at radius 1 is 1.08 bits per heavy atom. The summed E-state index contributed by atoms with van der Waals surface area (Å²) in [7, 11) is 1.68. The van der Waals surface area contributed by atoms with Crippen LogP contribution in [0, 0.1) is 0 Å². The van der Waals surface area contributed by atoms with E-state index in [1.807, 2.05) is 26.0 Å². The number of nitrogens with one attached hydrogen (secondary N) is 1. The van der Waals surface area contributed by atoms with Crippen molar-refractivity contribution in [1.82, 2.24) is 4.98 Å². The summed E-state index contributed by atoms with van der Waals surface area (Å²) >= 11 is 0. The molecule has 4 heteroatoms. The van der Waals surface area contributed by atoms with Crippen LogP contribution in [-0.2, 0) is 0 Å². The summed E-state index contributed by atoms with van der Waals surface area (Å²) in [4.78, 5) is 3.36. The summed E-state index contributed by atoms with van der Waals surface area (Å²) in [6.45, 7) is 4.80. The lowest BCUT2D eigenvalue weighted by atomic mass is 9.91. The predicted octanol–water partition coefficient (Wildman–Crippen LogP) is 3.34. The predicted molar refractivity (Wildman–Crippen MR) is 96.7 cm³/mol. The van der Waals surface area contributed by atoms with Gasteiger partial charge in [-0.05, 0) is 43.2 Å². The molecule has 0 amide bonds. The summed E-state index contributed by atoms with van der Waals surface area (Å²) in [5.74, 6) is 1.75. The normalized spacial score (nSPS) is 12.5. The monoisotopic (exact) mass is 325 g/mol. The number of hydrogen-bond acceptors (Lipinski definition) is 2. The van der Waals surface area contributed by atoms with E-state index in [1.54, 1.807) is 7.11 Å². The van der Waals surface area contributed by atoms with Gasteiger partial charge in [-0.25, -0.2) is 0 Å². The molecule has 4 N–H and O–H groups in total. The first-order valence-corrected chi connectivity index (χ1v) is 8.34. The van der Waals surface area contributed by atoms with E-state index in [0.29, 0.717) is 0 Å². The van der Waals surface area contributed by atoms with Crippen LogP contribution in [0.5, 0.6) is 11.5 Å². The number of methoxy groups -OCH3 is 1. The maximum absolute atomic E-state index is 5.82. The standard InChI is InChI=1S/C20H24N2O2/c1-13(2)24-19-9-8-14(10-20(19)23-3)16(11-21)17-12-22-18-7-5-4-6-15(17)18/h4-10,12-13,16,22H,11,21H2,1-3H3/p+1/t16-/m0/s1. The molecule has 0 unspecified atom stereocenters. The molecule has 1 aromatic heterocycles. The van der Waals surface area contributed by atoms with Gasteiger partial charge in [-0.1, -0.05) is 24.3 Å². The third-order valence-corrected chi connectivity index (χ3v) is 4.24. The van der Waals surface area contributed by atoms with E-state index in [0.717, 1.165) is 23.6 Å². The summed E-state index contributed by atoms with van der Waals surface area (Å²) in [6, 6.07) is 14.5. The number of benzene rings is 2. The molecule has 2 aromatic carbocycles. The van der Waals surface area contributed by atoms with Crippen molar-refractivity contribution in [3.05, 3.63) is 59.8 Å². The number of quaternary nitrogens is 1. The molecule has 0 aliphatic heterocycles. The first kappa shape index (κ1) is 16.4. The Morgan fingerprint density at radius 2 is 1.88 bits per heavy atom. The van der Waals surface area contributed by atoms with E-state index < -0.39 is 0 Å².